The molecule has 0 bridgehead atoms. The molecule has 88 valence electrons. The van der Waals surface area contributed by atoms with Crippen molar-refractivity contribution < 1.29 is 14.3 Å². The molecular formula is C13H13NO3. The Kier molecular flexibility index (Phi) is 3.23. The summed E-state index contributed by atoms with van der Waals surface area (Å²) in [6.07, 6.45) is 4.16. The van der Waals surface area contributed by atoms with Crippen LogP contribution in [0.1, 0.15) is 29.3 Å². The van der Waals surface area contributed by atoms with Crippen LogP contribution in [0.2, 0.25) is 0 Å². The molecule has 0 spiro atoms. The fraction of sp³-hybridized carbons (Fsp3) is 0.231. The van der Waals surface area contributed by atoms with Crippen molar-refractivity contribution in [3.63, 3.8) is 0 Å². The van der Waals surface area contributed by atoms with Gasteiger partial charge in [0.05, 0.1) is 5.52 Å². The summed E-state index contributed by atoms with van der Waals surface area (Å²) in [4.78, 5) is 22.1. The second-order valence-corrected chi connectivity index (χ2v) is 3.69. The monoisotopic (exact) mass is 231 g/mol. The summed E-state index contributed by atoms with van der Waals surface area (Å²) in [6.45, 7) is 2.33. The normalized spacial score (nSPS) is 10.4. The second kappa shape index (κ2) is 4.82. The standard InChI is InChI=1S/C13H13NO3/c1-2-13(16)10-5-7-14-6-3-4-12(14)11(10)8-17-9-15/h3-7,9H,2,8H2,1H3. The van der Waals surface area contributed by atoms with Crippen LogP contribution < -0.4 is 0 Å². The lowest BCUT2D eigenvalue weighted by Crippen LogP contribution is -2.06. The average molecular weight is 231 g/mol. The predicted octanol–water partition coefficient (Wildman–Crippen LogP) is 2.21. The Hall–Kier alpha value is -2.10. The van der Waals surface area contributed by atoms with Gasteiger partial charge in [0.25, 0.3) is 6.47 Å². The predicted molar refractivity (Wildman–Crippen MR) is 62.9 cm³/mol. The molecule has 4 heteroatoms. The number of rotatable bonds is 5. The minimum atomic E-state index is 0.0539. The summed E-state index contributed by atoms with van der Waals surface area (Å²) < 4.78 is 6.69. The molecule has 2 aromatic rings. The largest absolute Gasteiger partial charge is 0.463 e. The van der Waals surface area contributed by atoms with Gasteiger partial charge in [-0.1, -0.05) is 6.92 Å². The summed E-state index contributed by atoms with van der Waals surface area (Å²) in [7, 11) is 0. The molecule has 0 aliphatic carbocycles. The van der Waals surface area contributed by atoms with Crippen LogP contribution in [0.3, 0.4) is 0 Å². The first-order valence-electron chi connectivity index (χ1n) is 5.45. The number of carbonyl (C=O) groups is 2. The molecule has 17 heavy (non-hydrogen) atoms. The minimum absolute atomic E-state index is 0.0539. The number of carbonyl (C=O) groups excluding carboxylic acids is 2. The zero-order valence-electron chi connectivity index (χ0n) is 9.55. The van der Waals surface area contributed by atoms with Gasteiger partial charge in [-0.15, -0.1) is 0 Å². The van der Waals surface area contributed by atoms with Crippen molar-refractivity contribution in [1.29, 1.82) is 0 Å². The highest BCUT2D eigenvalue weighted by molar-refractivity contribution is 5.98. The van der Waals surface area contributed by atoms with Gasteiger partial charge in [-0.3, -0.25) is 9.59 Å². The molecule has 0 radical (unpaired) electrons. The van der Waals surface area contributed by atoms with Crippen molar-refractivity contribution in [1.82, 2.24) is 4.40 Å². The van der Waals surface area contributed by atoms with E-state index >= 15 is 0 Å². The molecule has 0 aromatic carbocycles. The van der Waals surface area contributed by atoms with Crippen molar-refractivity contribution in [2.75, 3.05) is 0 Å². The zero-order valence-corrected chi connectivity index (χ0v) is 9.55. The van der Waals surface area contributed by atoms with Crippen LogP contribution in [0.5, 0.6) is 0 Å². The van der Waals surface area contributed by atoms with E-state index in [4.69, 9.17) is 4.74 Å². The van der Waals surface area contributed by atoms with Gasteiger partial charge in [0.15, 0.2) is 5.78 Å². The van der Waals surface area contributed by atoms with Crippen LogP contribution in [0.4, 0.5) is 0 Å². The molecule has 0 saturated heterocycles. The highest BCUT2D eigenvalue weighted by Crippen LogP contribution is 2.19. The Morgan fingerprint density at radius 2 is 2.24 bits per heavy atom. The van der Waals surface area contributed by atoms with Gasteiger partial charge in [0, 0.05) is 29.9 Å². The lowest BCUT2D eigenvalue weighted by molar-refractivity contribution is -0.129. The fourth-order valence-corrected chi connectivity index (χ4v) is 1.89. The van der Waals surface area contributed by atoms with Crippen LogP contribution in [0, 0.1) is 0 Å². The average Bonchev–Trinajstić information content (AvgIpc) is 2.83. The number of ether oxygens (including phenoxy) is 1. The van der Waals surface area contributed by atoms with Crippen molar-refractivity contribution in [3.8, 4) is 0 Å². The van der Waals surface area contributed by atoms with Crippen LogP contribution in [-0.4, -0.2) is 16.7 Å². The summed E-state index contributed by atoms with van der Waals surface area (Å²) in [5.74, 6) is 0.0539. The SMILES string of the molecule is CCC(=O)c1ccn2cccc2c1COC=O. The molecule has 2 aromatic heterocycles. The van der Waals surface area contributed by atoms with E-state index in [1.54, 1.807) is 6.07 Å². The smallest absolute Gasteiger partial charge is 0.293 e. The van der Waals surface area contributed by atoms with E-state index in [9.17, 15) is 9.59 Å². The number of hydrogen-bond acceptors (Lipinski definition) is 3. The van der Waals surface area contributed by atoms with Gasteiger partial charge in [0.1, 0.15) is 6.61 Å². The summed E-state index contributed by atoms with van der Waals surface area (Å²) in [5.41, 5.74) is 2.28. The third-order valence-electron chi connectivity index (χ3n) is 2.73. The van der Waals surface area contributed by atoms with E-state index in [1.165, 1.54) is 0 Å². The van der Waals surface area contributed by atoms with E-state index in [0.29, 0.717) is 18.5 Å². The van der Waals surface area contributed by atoms with Gasteiger partial charge >= 0.3 is 0 Å². The maximum Gasteiger partial charge on any atom is 0.293 e. The first-order valence-corrected chi connectivity index (χ1v) is 5.45. The van der Waals surface area contributed by atoms with Crippen molar-refractivity contribution in [2.45, 2.75) is 20.0 Å². The third-order valence-corrected chi connectivity index (χ3v) is 2.73. The first-order chi connectivity index (χ1) is 8.27. The first kappa shape index (κ1) is 11.4. The Balaban J connectivity index is 2.56. The number of Topliss-reactive ketones (excluding diaryl/α,β-unsaturated/α-hetero) is 1. The van der Waals surface area contributed by atoms with Gasteiger partial charge < -0.3 is 9.14 Å². The van der Waals surface area contributed by atoms with E-state index in [2.05, 4.69) is 0 Å². The lowest BCUT2D eigenvalue weighted by atomic mass is 10.0. The molecule has 0 aliphatic rings. The van der Waals surface area contributed by atoms with Gasteiger partial charge in [-0.25, -0.2) is 0 Å². The number of ketones is 1. The van der Waals surface area contributed by atoms with E-state index in [-0.39, 0.29) is 12.4 Å². The Bertz CT molecular complexity index is 557. The maximum absolute atomic E-state index is 11.8. The number of nitrogens with zero attached hydrogens (tertiary/aromatic N) is 1. The summed E-state index contributed by atoms with van der Waals surface area (Å²) in [5, 5.41) is 0. The van der Waals surface area contributed by atoms with E-state index in [0.717, 1.165) is 11.1 Å². The molecule has 0 aliphatic heterocycles. The number of pyridine rings is 1. The minimum Gasteiger partial charge on any atom is -0.463 e. The number of fused-ring (bicyclic) bond motifs is 1. The van der Waals surface area contributed by atoms with Crippen LogP contribution in [0.25, 0.3) is 5.52 Å². The van der Waals surface area contributed by atoms with E-state index < -0.39 is 0 Å². The molecule has 0 N–H and O–H groups in total. The van der Waals surface area contributed by atoms with Crippen molar-refractivity contribution in [2.24, 2.45) is 0 Å². The molecule has 4 nitrogen and oxygen atoms in total. The molecule has 0 unspecified atom stereocenters. The molecule has 0 atom stereocenters. The quantitative estimate of drug-likeness (QED) is 0.585. The molecule has 2 rings (SSSR count). The maximum atomic E-state index is 11.8. The molecule has 0 amide bonds. The van der Waals surface area contributed by atoms with Crippen molar-refractivity contribution >= 4 is 17.8 Å². The molecule has 2 heterocycles. The highest BCUT2D eigenvalue weighted by Gasteiger charge is 2.13. The third kappa shape index (κ3) is 2.06. The van der Waals surface area contributed by atoms with Gasteiger partial charge in [-0.05, 0) is 18.2 Å². The number of hydrogen-bond donors (Lipinski definition) is 0. The molecule has 0 saturated carbocycles. The topological polar surface area (TPSA) is 47.8 Å². The van der Waals surface area contributed by atoms with Gasteiger partial charge in [-0.2, -0.15) is 0 Å². The summed E-state index contributed by atoms with van der Waals surface area (Å²) in [6, 6.07) is 5.55. The second-order valence-electron chi connectivity index (χ2n) is 3.69. The summed E-state index contributed by atoms with van der Waals surface area (Å²) >= 11 is 0. The van der Waals surface area contributed by atoms with E-state index in [1.807, 2.05) is 35.9 Å². The van der Waals surface area contributed by atoms with Crippen molar-refractivity contribution in [3.05, 3.63) is 41.7 Å². The molecular weight excluding hydrogens is 218 g/mol. The Labute approximate surface area is 98.8 Å². The lowest BCUT2D eigenvalue weighted by Gasteiger charge is -2.09. The van der Waals surface area contributed by atoms with Crippen LogP contribution in [0.15, 0.2) is 30.6 Å². The molecule has 0 fully saturated rings. The van der Waals surface area contributed by atoms with Gasteiger partial charge in [0.2, 0.25) is 0 Å². The number of aromatic nitrogens is 1. The van der Waals surface area contributed by atoms with Crippen LogP contribution >= 0.6 is 0 Å². The zero-order chi connectivity index (χ0) is 12.3. The Morgan fingerprint density at radius 3 is 2.94 bits per heavy atom. The highest BCUT2D eigenvalue weighted by atomic mass is 16.5. The fourth-order valence-electron chi connectivity index (χ4n) is 1.89. The van der Waals surface area contributed by atoms with Crippen LogP contribution in [-0.2, 0) is 16.1 Å². The Morgan fingerprint density at radius 1 is 1.41 bits per heavy atom.